The van der Waals surface area contributed by atoms with E-state index in [2.05, 4.69) is 38.8 Å². The summed E-state index contributed by atoms with van der Waals surface area (Å²) in [7, 11) is 0. The van der Waals surface area contributed by atoms with Crippen LogP contribution in [0.4, 0.5) is 5.82 Å². The lowest BCUT2D eigenvalue weighted by Crippen LogP contribution is -2.25. The van der Waals surface area contributed by atoms with Crippen LogP contribution in [0.2, 0.25) is 0 Å². The highest BCUT2D eigenvalue weighted by Crippen LogP contribution is 2.29. The van der Waals surface area contributed by atoms with Crippen molar-refractivity contribution in [3.05, 3.63) is 10.2 Å². The Hall–Kier alpha value is -1.00. The molecule has 1 unspecified atom stereocenters. The van der Waals surface area contributed by atoms with E-state index < -0.39 is 0 Å². The Morgan fingerprint density at radius 1 is 1.75 bits per heavy atom. The zero-order chi connectivity index (χ0) is 11.7. The number of nitrogens with zero attached hydrogens (tertiary/aromatic N) is 3. The molecule has 1 aromatic heterocycles. The van der Waals surface area contributed by atoms with Crippen molar-refractivity contribution in [2.24, 2.45) is 5.92 Å². The minimum atomic E-state index is -0.00505. The van der Waals surface area contributed by atoms with Gasteiger partial charge in [-0.1, -0.05) is 0 Å². The lowest BCUT2D eigenvalue weighted by Gasteiger charge is -2.12. The van der Waals surface area contributed by atoms with E-state index in [9.17, 15) is 4.79 Å². The third kappa shape index (κ3) is 1.83. The van der Waals surface area contributed by atoms with Crippen LogP contribution < -0.4 is 4.90 Å². The predicted octanol–water partition coefficient (Wildman–Crippen LogP) is 1.33. The van der Waals surface area contributed by atoms with Crippen molar-refractivity contribution in [1.29, 1.82) is 5.26 Å². The maximum atomic E-state index is 11.7. The maximum Gasteiger partial charge on any atom is 0.228 e. The van der Waals surface area contributed by atoms with Crippen LogP contribution in [0, 0.1) is 17.2 Å². The number of nitrogens with one attached hydrogen (secondary N) is 1. The first-order valence-corrected chi connectivity index (χ1v) is 6.15. The molecule has 1 N–H and O–H groups in total. The SMILES string of the molecule is N#Cc1c(N2CC(CS)CC2=O)n[nH]c1Br. The molecule has 1 amide bonds. The third-order valence-corrected chi connectivity index (χ3v) is 3.62. The molecule has 1 saturated heterocycles. The number of rotatable bonds is 2. The molecule has 2 rings (SSSR count). The summed E-state index contributed by atoms with van der Waals surface area (Å²) >= 11 is 7.36. The summed E-state index contributed by atoms with van der Waals surface area (Å²) in [6.45, 7) is 0.578. The van der Waals surface area contributed by atoms with Gasteiger partial charge >= 0.3 is 0 Å². The zero-order valence-electron chi connectivity index (χ0n) is 8.27. The second-order valence-corrected chi connectivity index (χ2v) is 4.76. The second kappa shape index (κ2) is 4.47. The van der Waals surface area contributed by atoms with Crippen molar-refractivity contribution in [2.45, 2.75) is 6.42 Å². The lowest BCUT2D eigenvalue weighted by molar-refractivity contribution is -0.117. The van der Waals surface area contributed by atoms with Crippen LogP contribution in [0.15, 0.2) is 4.60 Å². The van der Waals surface area contributed by atoms with Crippen molar-refractivity contribution < 1.29 is 4.79 Å². The molecule has 16 heavy (non-hydrogen) atoms. The number of thiol groups is 1. The molecule has 84 valence electrons. The highest BCUT2D eigenvalue weighted by molar-refractivity contribution is 9.10. The Morgan fingerprint density at radius 2 is 2.50 bits per heavy atom. The van der Waals surface area contributed by atoms with Gasteiger partial charge in [0.05, 0.1) is 0 Å². The summed E-state index contributed by atoms with van der Waals surface area (Å²) in [6, 6.07) is 2.02. The number of anilines is 1. The summed E-state index contributed by atoms with van der Waals surface area (Å²) in [6.07, 6.45) is 0.471. The molecular weight excluding hydrogens is 292 g/mol. The Bertz CT molecular complexity index is 467. The average molecular weight is 301 g/mol. The molecule has 5 nitrogen and oxygen atoms in total. The van der Waals surface area contributed by atoms with Crippen LogP contribution in [-0.2, 0) is 4.79 Å². The summed E-state index contributed by atoms with van der Waals surface area (Å²) in [5, 5.41) is 15.6. The molecule has 0 saturated carbocycles. The Morgan fingerprint density at radius 3 is 3.06 bits per heavy atom. The van der Waals surface area contributed by atoms with Crippen LogP contribution in [-0.4, -0.2) is 28.4 Å². The fourth-order valence-electron chi connectivity index (χ4n) is 1.71. The minimum absolute atomic E-state index is 0.00505. The van der Waals surface area contributed by atoms with E-state index in [0.717, 1.165) is 0 Å². The van der Waals surface area contributed by atoms with Crippen LogP contribution in [0.5, 0.6) is 0 Å². The van der Waals surface area contributed by atoms with Crippen LogP contribution in [0.25, 0.3) is 0 Å². The second-order valence-electron chi connectivity index (χ2n) is 3.61. The number of nitriles is 1. The Kier molecular flexibility index (Phi) is 3.21. The van der Waals surface area contributed by atoms with Gasteiger partial charge in [0.2, 0.25) is 5.91 Å². The molecule has 0 aromatic carbocycles. The van der Waals surface area contributed by atoms with E-state index in [1.54, 1.807) is 4.90 Å². The standard InChI is InChI=1S/C9H9BrN4OS/c10-8-6(2-11)9(13-12-8)14-3-5(4-16)1-7(14)15/h5,16H,1,3-4H2,(H,12,13). The highest BCUT2D eigenvalue weighted by Gasteiger charge is 2.33. The smallest absolute Gasteiger partial charge is 0.228 e. The number of halogens is 1. The quantitative estimate of drug-likeness (QED) is 0.809. The van der Waals surface area contributed by atoms with Crippen molar-refractivity contribution >= 4 is 40.3 Å². The van der Waals surface area contributed by atoms with Gasteiger partial charge in [0, 0.05) is 13.0 Å². The van der Waals surface area contributed by atoms with Crippen molar-refractivity contribution in [1.82, 2.24) is 10.2 Å². The average Bonchev–Trinajstić information content (AvgIpc) is 2.81. The monoisotopic (exact) mass is 300 g/mol. The van der Waals surface area contributed by atoms with Gasteiger partial charge in [0.15, 0.2) is 5.82 Å². The van der Waals surface area contributed by atoms with Gasteiger partial charge in [0.1, 0.15) is 16.2 Å². The number of aromatic nitrogens is 2. The first kappa shape index (κ1) is 11.5. The van der Waals surface area contributed by atoms with Crippen LogP contribution in [0.3, 0.4) is 0 Å². The normalized spacial score (nSPS) is 20.2. The summed E-state index contributed by atoms with van der Waals surface area (Å²) < 4.78 is 0.507. The molecular formula is C9H9BrN4OS. The Balaban J connectivity index is 2.32. The summed E-state index contributed by atoms with van der Waals surface area (Å²) in [5.74, 6) is 1.30. The third-order valence-electron chi connectivity index (χ3n) is 2.53. The van der Waals surface area contributed by atoms with E-state index >= 15 is 0 Å². The number of hydrogen-bond donors (Lipinski definition) is 2. The zero-order valence-corrected chi connectivity index (χ0v) is 10.8. The molecule has 1 aliphatic heterocycles. The van der Waals surface area contributed by atoms with Crippen LogP contribution in [0.1, 0.15) is 12.0 Å². The van der Waals surface area contributed by atoms with E-state index in [1.807, 2.05) is 6.07 Å². The maximum absolute atomic E-state index is 11.7. The topological polar surface area (TPSA) is 72.8 Å². The number of hydrogen-bond acceptors (Lipinski definition) is 4. The van der Waals surface area contributed by atoms with E-state index in [-0.39, 0.29) is 11.8 Å². The summed E-state index contributed by atoms with van der Waals surface area (Å²) in [5.41, 5.74) is 0.369. The number of carbonyl (C=O) groups excluding carboxylic acids is 1. The minimum Gasteiger partial charge on any atom is -0.294 e. The van der Waals surface area contributed by atoms with Gasteiger partial charge < -0.3 is 0 Å². The molecule has 1 fully saturated rings. The fraction of sp³-hybridized carbons (Fsp3) is 0.444. The largest absolute Gasteiger partial charge is 0.294 e. The molecule has 0 radical (unpaired) electrons. The number of H-pyrrole nitrogens is 1. The first-order valence-electron chi connectivity index (χ1n) is 4.72. The highest BCUT2D eigenvalue weighted by atomic mass is 79.9. The van der Waals surface area contributed by atoms with E-state index in [4.69, 9.17) is 5.26 Å². The molecule has 1 atom stereocenters. The van der Waals surface area contributed by atoms with Gasteiger partial charge in [0.25, 0.3) is 0 Å². The van der Waals surface area contributed by atoms with Crippen molar-refractivity contribution in [3.63, 3.8) is 0 Å². The lowest BCUT2D eigenvalue weighted by atomic mass is 10.1. The summed E-state index contributed by atoms with van der Waals surface area (Å²) in [4.78, 5) is 13.3. The Labute approximate surface area is 106 Å². The van der Waals surface area contributed by atoms with Gasteiger partial charge in [-0.15, -0.1) is 0 Å². The van der Waals surface area contributed by atoms with Gasteiger partial charge in [-0.05, 0) is 27.6 Å². The molecule has 1 aliphatic rings. The predicted molar refractivity (Wildman–Crippen MR) is 65.3 cm³/mol. The van der Waals surface area contributed by atoms with Gasteiger partial charge in [-0.3, -0.25) is 14.8 Å². The number of aromatic amines is 1. The van der Waals surface area contributed by atoms with Crippen LogP contribution >= 0.6 is 28.6 Å². The van der Waals surface area contributed by atoms with Crippen molar-refractivity contribution in [3.8, 4) is 6.07 Å². The number of carbonyl (C=O) groups is 1. The molecule has 2 heterocycles. The molecule has 7 heteroatoms. The first-order chi connectivity index (χ1) is 7.67. The number of amides is 1. The molecule has 0 spiro atoms. The molecule has 0 aliphatic carbocycles. The van der Waals surface area contributed by atoms with Gasteiger partial charge in [-0.2, -0.15) is 23.0 Å². The van der Waals surface area contributed by atoms with E-state index in [0.29, 0.717) is 34.7 Å². The van der Waals surface area contributed by atoms with E-state index in [1.165, 1.54) is 0 Å². The van der Waals surface area contributed by atoms with Crippen molar-refractivity contribution in [2.75, 3.05) is 17.2 Å². The fourth-order valence-corrected chi connectivity index (χ4v) is 2.31. The molecule has 0 bridgehead atoms. The van der Waals surface area contributed by atoms with Gasteiger partial charge in [-0.25, -0.2) is 0 Å². The molecule has 1 aromatic rings.